The Balaban J connectivity index is 2.09. The molecule has 2 heterocycles. The Hall–Kier alpha value is -1.26. The maximum absolute atomic E-state index is 11.9. The van der Waals surface area contributed by atoms with Crippen LogP contribution in [0.1, 0.15) is 6.42 Å². The lowest BCUT2D eigenvalue weighted by Crippen LogP contribution is -2.60. The summed E-state index contributed by atoms with van der Waals surface area (Å²) in [4.78, 5) is 25.1. The van der Waals surface area contributed by atoms with Crippen molar-refractivity contribution in [1.29, 1.82) is 0 Å². The molecule has 120 valence electrons. The minimum absolute atomic E-state index is 0.0482. The quantitative estimate of drug-likeness (QED) is 0.515. The monoisotopic (exact) mass is 304 g/mol. The Morgan fingerprint density at radius 3 is 2.62 bits per heavy atom. The fourth-order valence-electron chi connectivity index (χ4n) is 2.60. The number of hydrogen-bond donors (Lipinski definition) is 3. The average molecular weight is 304 g/mol. The van der Waals surface area contributed by atoms with E-state index < -0.39 is 42.6 Å². The van der Waals surface area contributed by atoms with Crippen LogP contribution in [0.15, 0.2) is 0 Å². The number of imide groups is 1. The molecule has 2 aliphatic heterocycles. The third-order valence-corrected chi connectivity index (χ3v) is 3.75. The van der Waals surface area contributed by atoms with Crippen molar-refractivity contribution in [2.24, 2.45) is 5.92 Å². The fourth-order valence-corrected chi connectivity index (χ4v) is 2.60. The first kappa shape index (κ1) is 16.1. The van der Waals surface area contributed by atoms with Gasteiger partial charge in [-0.1, -0.05) is 0 Å². The van der Waals surface area contributed by atoms with Crippen molar-refractivity contribution in [3.05, 3.63) is 0 Å². The van der Waals surface area contributed by atoms with E-state index in [4.69, 9.17) is 19.3 Å². The smallest absolute Gasteiger partial charge is 0.326 e. The summed E-state index contributed by atoms with van der Waals surface area (Å²) in [5.74, 6) is -1.19. The van der Waals surface area contributed by atoms with Crippen LogP contribution in [-0.4, -0.2) is 79.1 Å². The summed E-state index contributed by atoms with van der Waals surface area (Å²) in [6.45, 7) is -0.291. The standard InChI is InChI=1S/C12H20N2O7/c1-19-11(20-2)6-4-14(12(18)13-10(6)17)9-3-7(16)8(5-15)21-9/h6-9,11,15-16H,3-5H2,1-2H3,(H,13,17,18)/t6?,7-,8+,9+/m0/s1. The number of urea groups is 1. The van der Waals surface area contributed by atoms with Crippen molar-refractivity contribution in [2.75, 3.05) is 27.4 Å². The molecule has 2 fully saturated rings. The predicted octanol–water partition coefficient (Wildman–Crippen LogP) is -1.76. The highest BCUT2D eigenvalue weighted by Gasteiger charge is 2.45. The number of aliphatic hydroxyl groups excluding tert-OH is 2. The molecule has 2 aliphatic rings. The number of nitrogens with one attached hydrogen (secondary N) is 1. The molecule has 0 spiro atoms. The summed E-state index contributed by atoms with van der Waals surface area (Å²) in [6, 6.07) is -0.599. The molecular formula is C12H20N2O7. The van der Waals surface area contributed by atoms with Crippen LogP contribution in [0, 0.1) is 5.92 Å². The average Bonchev–Trinajstić information content (AvgIpc) is 2.83. The first-order chi connectivity index (χ1) is 10.0. The summed E-state index contributed by atoms with van der Waals surface area (Å²) < 4.78 is 15.6. The molecule has 0 radical (unpaired) electrons. The van der Waals surface area contributed by atoms with E-state index in [2.05, 4.69) is 5.32 Å². The molecule has 0 saturated carbocycles. The zero-order valence-electron chi connectivity index (χ0n) is 11.9. The number of carbonyl (C=O) groups is 2. The second kappa shape index (κ2) is 6.67. The van der Waals surface area contributed by atoms with Crippen molar-refractivity contribution in [1.82, 2.24) is 10.2 Å². The third-order valence-electron chi connectivity index (χ3n) is 3.75. The molecule has 2 saturated heterocycles. The van der Waals surface area contributed by atoms with Crippen molar-refractivity contribution in [3.8, 4) is 0 Å². The van der Waals surface area contributed by atoms with Gasteiger partial charge in [-0.2, -0.15) is 0 Å². The van der Waals surface area contributed by atoms with Crippen LogP contribution in [0.3, 0.4) is 0 Å². The molecule has 3 amide bonds. The highest BCUT2D eigenvalue weighted by molar-refractivity contribution is 5.98. The van der Waals surface area contributed by atoms with E-state index in [9.17, 15) is 14.7 Å². The van der Waals surface area contributed by atoms with Crippen molar-refractivity contribution in [2.45, 2.75) is 31.1 Å². The summed E-state index contributed by atoms with van der Waals surface area (Å²) >= 11 is 0. The van der Waals surface area contributed by atoms with Crippen LogP contribution in [0.25, 0.3) is 0 Å². The Morgan fingerprint density at radius 1 is 1.43 bits per heavy atom. The van der Waals surface area contributed by atoms with E-state index >= 15 is 0 Å². The van der Waals surface area contributed by atoms with E-state index in [0.717, 1.165) is 0 Å². The maximum Gasteiger partial charge on any atom is 0.326 e. The number of hydrogen-bond acceptors (Lipinski definition) is 7. The molecule has 2 rings (SSSR count). The van der Waals surface area contributed by atoms with Crippen LogP contribution in [0.2, 0.25) is 0 Å². The van der Waals surface area contributed by atoms with Crippen LogP contribution in [0.4, 0.5) is 4.79 Å². The van der Waals surface area contributed by atoms with Crippen LogP contribution >= 0.6 is 0 Å². The molecule has 3 N–H and O–H groups in total. The first-order valence-corrected chi connectivity index (χ1v) is 6.63. The van der Waals surface area contributed by atoms with Gasteiger partial charge in [0, 0.05) is 27.2 Å². The lowest BCUT2D eigenvalue weighted by Gasteiger charge is -2.37. The number of aliphatic hydroxyl groups is 2. The van der Waals surface area contributed by atoms with Gasteiger partial charge in [-0.25, -0.2) is 4.79 Å². The fraction of sp³-hybridized carbons (Fsp3) is 0.833. The molecule has 0 aromatic rings. The lowest BCUT2D eigenvalue weighted by molar-refractivity contribution is -0.167. The van der Waals surface area contributed by atoms with Gasteiger partial charge in [0.1, 0.15) is 18.2 Å². The summed E-state index contributed by atoms with van der Waals surface area (Å²) in [5.41, 5.74) is 0. The molecule has 1 unspecified atom stereocenters. The third kappa shape index (κ3) is 3.16. The second-order valence-electron chi connectivity index (χ2n) is 5.01. The second-order valence-corrected chi connectivity index (χ2v) is 5.01. The number of rotatable bonds is 5. The molecule has 21 heavy (non-hydrogen) atoms. The highest BCUT2D eigenvalue weighted by Crippen LogP contribution is 2.26. The molecule has 0 aliphatic carbocycles. The van der Waals surface area contributed by atoms with Gasteiger partial charge in [0.05, 0.1) is 12.7 Å². The molecule has 0 bridgehead atoms. The minimum Gasteiger partial charge on any atom is -0.394 e. The Morgan fingerprint density at radius 2 is 2.10 bits per heavy atom. The van der Waals surface area contributed by atoms with Crippen molar-refractivity contribution in [3.63, 3.8) is 0 Å². The first-order valence-electron chi connectivity index (χ1n) is 6.63. The number of carbonyl (C=O) groups excluding carboxylic acids is 2. The topological polar surface area (TPSA) is 118 Å². The molecular weight excluding hydrogens is 284 g/mol. The SMILES string of the molecule is COC(OC)C1CN([C@H]2C[C@H](O)[C@@H](CO)O2)C(=O)NC1=O. The molecule has 9 nitrogen and oxygen atoms in total. The van der Waals surface area contributed by atoms with Gasteiger partial charge < -0.3 is 24.4 Å². The summed E-state index contributed by atoms with van der Waals surface area (Å²) in [6.07, 6.45) is -2.92. The highest BCUT2D eigenvalue weighted by atomic mass is 16.7. The van der Waals surface area contributed by atoms with Crippen LogP contribution in [0.5, 0.6) is 0 Å². The molecule has 4 atom stereocenters. The van der Waals surface area contributed by atoms with E-state index in [1.165, 1.54) is 19.1 Å². The summed E-state index contributed by atoms with van der Waals surface area (Å²) in [7, 11) is 2.81. The largest absolute Gasteiger partial charge is 0.394 e. The minimum atomic E-state index is -0.857. The van der Waals surface area contributed by atoms with E-state index in [0.29, 0.717) is 0 Å². The zero-order valence-corrected chi connectivity index (χ0v) is 11.9. The van der Waals surface area contributed by atoms with Gasteiger partial charge in [0.2, 0.25) is 5.91 Å². The van der Waals surface area contributed by atoms with Gasteiger partial charge in [0.15, 0.2) is 6.29 Å². The lowest BCUT2D eigenvalue weighted by atomic mass is 10.0. The van der Waals surface area contributed by atoms with Crippen molar-refractivity contribution >= 4 is 11.9 Å². The Bertz CT molecular complexity index is 401. The molecule has 0 aromatic carbocycles. The normalized spacial score (nSPS) is 33.7. The van der Waals surface area contributed by atoms with E-state index in [1.807, 2.05) is 0 Å². The number of nitrogens with zero attached hydrogens (tertiary/aromatic N) is 1. The van der Waals surface area contributed by atoms with Crippen LogP contribution in [-0.2, 0) is 19.0 Å². The number of ether oxygens (including phenoxy) is 3. The Labute approximate surface area is 121 Å². The maximum atomic E-state index is 11.9. The van der Waals surface area contributed by atoms with Gasteiger partial charge in [-0.05, 0) is 0 Å². The summed E-state index contributed by atoms with van der Waals surface area (Å²) in [5, 5.41) is 21.0. The van der Waals surface area contributed by atoms with Gasteiger partial charge in [0.25, 0.3) is 0 Å². The van der Waals surface area contributed by atoms with E-state index in [1.54, 1.807) is 0 Å². The molecule has 9 heteroatoms. The van der Waals surface area contributed by atoms with Crippen molar-refractivity contribution < 1.29 is 34.0 Å². The predicted molar refractivity (Wildman–Crippen MR) is 67.9 cm³/mol. The van der Waals surface area contributed by atoms with Gasteiger partial charge in [-0.3, -0.25) is 15.0 Å². The molecule has 0 aromatic heterocycles. The number of amides is 3. The Kier molecular flexibility index (Phi) is 5.12. The zero-order chi connectivity index (χ0) is 15.6. The van der Waals surface area contributed by atoms with Gasteiger partial charge >= 0.3 is 6.03 Å². The van der Waals surface area contributed by atoms with E-state index in [-0.39, 0.29) is 19.6 Å². The van der Waals surface area contributed by atoms with Gasteiger partial charge in [-0.15, -0.1) is 0 Å². The van der Waals surface area contributed by atoms with Crippen LogP contribution < -0.4 is 5.32 Å². The number of methoxy groups -OCH3 is 2.